The van der Waals surface area contributed by atoms with Crippen LogP contribution in [0.2, 0.25) is 0 Å². The van der Waals surface area contributed by atoms with Crippen molar-refractivity contribution in [3.63, 3.8) is 0 Å². The number of carbonyl (C=O) groups is 1. The summed E-state index contributed by atoms with van der Waals surface area (Å²) in [6.07, 6.45) is 0. The summed E-state index contributed by atoms with van der Waals surface area (Å²) in [4.78, 5) is 11.8. The molecule has 0 fully saturated rings. The van der Waals surface area contributed by atoms with Crippen molar-refractivity contribution in [2.45, 2.75) is 4.90 Å². The first-order chi connectivity index (χ1) is 8.41. The van der Waals surface area contributed by atoms with Crippen LogP contribution in [-0.4, -0.2) is 32.7 Å². The Labute approximate surface area is 110 Å². The van der Waals surface area contributed by atoms with Crippen LogP contribution in [0.1, 0.15) is 5.56 Å². The highest BCUT2D eigenvalue weighted by atomic mass is 35.5. The molecule has 1 aromatic rings. The molecule has 1 aromatic carbocycles. The molecular formula is C11H11ClN2O3S. The maximum absolute atomic E-state index is 12.2. The average molecular weight is 287 g/mol. The second-order valence-corrected chi connectivity index (χ2v) is 6.03. The van der Waals surface area contributed by atoms with Gasteiger partial charge in [-0.1, -0.05) is 29.8 Å². The maximum atomic E-state index is 12.2. The summed E-state index contributed by atoms with van der Waals surface area (Å²) in [5.74, 6) is -0.541. The maximum Gasteiger partial charge on any atom is 0.269 e. The molecule has 1 heterocycles. The lowest BCUT2D eigenvalue weighted by atomic mass is 10.1. The molecule has 1 N–H and O–H groups in total. The number of benzene rings is 1. The zero-order valence-electron chi connectivity index (χ0n) is 9.77. The van der Waals surface area contributed by atoms with Crippen LogP contribution in [0.5, 0.6) is 0 Å². The molecule has 0 bridgehead atoms. The first kappa shape index (κ1) is 12.9. The second-order valence-electron chi connectivity index (χ2n) is 3.71. The van der Waals surface area contributed by atoms with Gasteiger partial charge in [0.2, 0.25) is 0 Å². The van der Waals surface area contributed by atoms with E-state index in [9.17, 15) is 13.2 Å². The molecule has 1 aliphatic heterocycles. The minimum atomic E-state index is -3.73. The Hall–Kier alpha value is -1.53. The van der Waals surface area contributed by atoms with Crippen molar-refractivity contribution in [1.82, 2.24) is 9.62 Å². The fraction of sp³-hybridized carbons (Fsp3) is 0.182. The average Bonchev–Trinajstić information content (AvgIpc) is 2.37. The summed E-state index contributed by atoms with van der Waals surface area (Å²) < 4.78 is 25.4. The molecule has 0 saturated carbocycles. The van der Waals surface area contributed by atoms with Gasteiger partial charge in [0.15, 0.2) is 0 Å². The van der Waals surface area contributed by atoms with Crippen LogP contribution in [0, 0.1) is 0 Å². The molecule has 0 radical (unpaired) electrons. The third-order valence-electron chi connectivity index (χ3n) is 2.73. The summed E-state index contributed by atoms with van der Waals surface area (Å²) in [6.45, 7) is 0. The molecule has 1 amide bonds. The molecule has 0 saturated heterocycles. The number of amides is 1. The summed E-state index contributed by atoms with van der Waals surface area (Å²) in [6, 6.07) is 6.32. The van der Waals surface area contributed by atoms with Crippen molar-refractivity contribution in [3.05, 3.63) is 35.5 Å². The normalized spacial score (nSPS) is 17.4. The Morgan fingerprint density at radius 3 is 2.56 bits per heavy atom. The number of hydrogen-bond donors (Lipinski definition) is 1. The minimum Gasteiger partial charge on any atom is -0.354 e. The fourth-order valence-corrected chi connectivity index (χ4v) is 3.66. The first-order valence-corrected chi connectivity index (χ1v) is 6.93. The van der Waals surface area contributed by atoms with E-state index in [1.807, 2.05) is 0 Å². The highest BCUT2D eigenvalue weighted by Gasteiger charge is 2.36. The fourth-order valence-electron chi connectivity index (χ4n) is 1.77. The monoisotopic (exact) mass is 286 g/mol. The molecule has 7 heteroatoms. The van der Waals surface area contributed by atoms with Crippen LogP contribution in [-0.2, 0) is 14.8 Å². The minimum absolute atomic E-state index is 0.0714. The summed E-state index contributed by atoms with van der Waals surface area (Å²) in [5.41, 5.74) is 0.272. The molecule has 0 spiro atoms. The van der Waals surface area contributed by atoms with E-state index in [4.69, 9.17) is 11.6 Å². The third-order valence-corrected chi connectivity index (χ3v) is 4.92. The van der Waals surface area contributed by atoms with E-state index in [1.54, 1.807) is 18.2 Å². The molecule has 1 aliphatic rings. The van der Waals surface area contributed by atoms with Gasteiger partial charge in [0.25, 0.3) is 15.9 Å². The van der Waals surface area contributed by atoms with Crippen LogP contribution in [0.3, 0.4) is 0 Å². The van der Waals surface area contributed by atoms with Crippen LogP contribution < -0.4 is 5.32 Å². The number of halogens is 1. The first-order valence-electron chi connectivity index (χ1n) is 5.11. The van der Waals surface area contributed by atoms with Crippen LogP contribution in [0.4, 0.5) is 0 Å². The summed E-state index contributed by atoms with van der Waals surface area (Å²) in [7, 11) is -1.01. The lowest BCUT2D eigenvalue weighted by molar-refractivity contribution is -0.117. The second kappa shape index (κ2) is 4.29. The van der Waals surface area contributed by atoms with Crippen molar-refractivity contribution in [2.24, 2.45) is 0 Å². The molecule has 0 atom stereocenters. The van der Waals surface area contributed by atoms with E-state index in [-0.39, 0.29) is 15.6 Å². The van der Waals surface area contributed by atoms with Gasteiger partial charge >= 0.3 is 0 Å². The molecule has 0 aliphatic carbocycles. The van der Waals surface area contributed by atoms with Gasteiger partial charge in [-0.15, -0.1) is 0 Å². The highest BCUT2D eigenvalue weighted by Crippen LogP contribution is 2.37. The van der Waals surface area contributed by atoms with Gasteiger partial charge < -0.3 is 5.32 Å². The molecule has 5 nitrogen and oxygen atoms in total. The Kier molecular flexibility index (Phi) is 3.08. The molecular weight excluding hydrogens is 276 g/mol. The van der Waals surface area contributed by atoms with Crippen molar-refractivity contribution >= 4 is 32.6 Å². The van der Waals surface area contributed by atoms with Gasteiger partial charge in [-0.2, -0.15) is 0 Å². The predicted molar refractivity (Wildman–Crippen MR) is 68.2 cm³/mol. The Morgan fingerprint density at radius 2 is 1.94 bits per heavy atom. The van der Waals surface area contributed by atoms with Crippen molar-refractivity contribution in [1.29, 1.82) is 0 Å². The summed E-state index contributed by atoms with van der Waals surface area (Å²) >= 11 is 6.12. The number of hydrogen-bond acceptors (Lipinski definition) is 3. The van der Waals surface area contributed by atoms with Crippen molar-refractivity contribution < 1.29 is 13.2 Å². The largest absolute Gasteiger partial charge is 0.354 e. The Bertz CT molecular complexity index is 652. The van der Waals surface area contributed by atoms with E-state index in [2.05, 4.69) is 5.32 Å². The zero-order chi connectivity index (χ0) is 13.5. The number of nitrogens with one attached hydrogen (secondary N) is 1. The molecule has 18 heavy (non-hydrogen) atoms. The third kappa shape index (κ3) is 1.69. The number of sulfonamides is 1. The molecule has 0 aromatic heterocycles. The SMILES string of the molecule is CNC(=O)C1=C(Cl)c2ccccc2S(=O)(=O)N1C. The number of fused-ring (bicyclic) bond motifs is 1. The molecule has 96 valence electrons. The Morgan fingerprint density at radius 1 is 1.33 bits per heavy atom. The number of rotatable bonds is 1. The highest BCUT2D eigenvalue weighted by molar-refractivity contribution is 7.89. The molecule has 0 unspecified atom stereocenters. The van der Waals surface area contributed by atoms with Gasteiger partial charge in [-0.3, -0.25) is 9.10 Å². The van der Waals surface area contributed by atoms with Crippen LogP contribution in [0.25, 0.3) is 5.03 Å². The van der Waals surface area contributed by atoms with E-state index in [1.165, 1.54) is 20.2 Å². The predicted octanol–water partition coefficient (Wildman–Crippen LogP) is 0.974. The van der Waals surface area contributed by atoms with Crippen LogP contribution >= 0.6 is 11.6 Å². The van der Waals surface area contributed by atoms with E-state index < -0.39 is 15.9 Å². The van der Waals surface area contributed by atoms with Gasteiger partial charge in [0.1, 0.15) is 5.70 Å². The van der Waals surface area contributed by atoms with Crippen LogP contribution in [0.15, 0.2) is 34.9 Å². The lowest BCUT2D eigenvalue weighted by Gasteiger charge is -2.28. The van der Waals surface area contributed by atoms with E-state index in [0.717, 1.165) is 4.31 Å². The van der Waals surface area contributed by atoms with E-state index in [0.29, 0.717) is 5.56 Å². The van der Waals surface area contributed by atoms with Gasteiger partial charge in [0, 0.05) is 19.7 Å². The summed E-state index contributed by atoms with van der Waals surface area (Å²) in [5, 5.41) is 2.50. The van der Waals surface area contributed by atoms with Gasteiger partial charge in [0.05, 0.1) is 9.93 Å². The molecule has 2 rings (SSSR count). The van der Waals surface area contributed by atoms with Gasteiger partial charge in [-0.05, 0) is 6.07 Å². The van der Waals surface area contributed by atoms with Crippen molar-refractivity contribution in [3.8, 4) is 0 Å². The number of likely N-dealkylation sites (N-methyl/N-ethyl adjacent to an activating group) is 2. The quantitative estimate of drug-likeness (QED) is 0.837. The Balaban J connectivity index is 2.81. The topological polar surface area (TPSA) is 66.5 Å². The lowest BCUT2D eigenvalue weighted by Crippen LogP contribution is -2.38. The van der Waals surface area contributed by atoms with Gasteiger partial charge in [-0.25, -0.2) is 8.42 Å². The smallest absolute Gasteiger partial charge is 0.269 e. The number of nitrogens with zero attached hydrogens (tertiary/aromatic N) is 1. The van der Waals surface area contributed by atoms with Crippen molar-refractivity contribution in [2.75, 3.05) is 14.1 Å². The number of carbonyl (C=O) groups excluding carboxylic acids is 1. The van der Waals surface area contributed by atoms with E-state index >= 15 is 0 Å². The standard InChI is InChI=1S/C11H11ClN2O3S/c1-13-11(15)10-9(12)7-5-3-4-6-8(7)18(16,17)14(10)2/h3-6H,1-2H3,(H,13,15). The zero-order valence-corrected chi connectivity index (χ0v) is 11.3.